The number of anilines is 1. The van der Waals surface area contributed by atoms with Gasteiger partial charge in [0.25, 0.3) is 0 Å². The average Bonchev–Trinajstić information content (AvgIpc) is 2.40. The van der Waals surface area contributed by atoms with Crippen molar-refractivity contribution in [1.29, 1.82) is 0 Å². The second-order valence-electron chi connectivity index (χ2n) is 4.87. The van der Waals surface area contributed by atoms with Crippen molar-refractivity contribution in [3.05, 3.63) is 30.3 Å². The van der Waals surface area contributed by atoms with Gasteiger partial charge in [-0.2, -0.15) is 0 Å². The van der Waals surface area contributed by atoms with Crippen LogP contribution in [0.25, 0.3) is 0 Å². The first-order chi connectivity index (χ1) is 9.15. The SMILES string of the molecule is NC(=S)C1CCN(CC(=O)Nc2ccccc2)CC1. The number of carbonyl (C=O) groups excluding carboxylic acids is 1. The van der Waals surface area contributed by atoms with E-state index in [0.717, 1.165) is 31.6 Å². The Bertz CT molecular complexity index is 441. The summed E-state index contributed by atoms with van der Waals surface area (Å²) in [5.74, 6) is 0.364. The van der Waals surface area contributed by atoms with Crippen LogP contribution in [0.1, 0.15) is 12.8 Å². The molecule has 1 amide bonds. The van der Waals surface area contributed by atoms with Crippen LogP contribution in [0.5, 0.6) is 0 Å². The lowest BCUT2D eigenvalue weighted by molar-refractivity contribution is -0.117. The molecule has 102 valence electrons. The van der Waals surface area contributed by atoms with Crippen LogP contribution in [-0.2, 0) is 4.79 Å². The molecule has 1 heterocycles. The Morgan fingerprint density at radius 2 is 1.95 bits per heavy atom. The number of nitrogens with two attached hydrogens (primary N) is 1. The van der Waals surface area contributed by atoms with Gasteiger partial charge in [0.05, 0.1) is 11.5 Å². The van der Waals surface area contributed by atoms with Crippen LogP contribution in [0, 0.1) is 5.92 Å². The van der Waals surface area contributed by atoms with Crippen molar-refractivity contribution in [2.75, 3.05) is 25.0 Å². The molecule has 0 atom stereocenters. The Hall–Kier alpha value is -1.46. The number of nitrogens with one attached hydrogen (secondary N) is 1. The Balaban J connectivity index is 1.76. The monoisotopic (exact) mass is 277 g/mol. The number of nitrogens with zero attached hydrogens (tertiary/aromatic N) is 1. The van der Waals surface area contributed by atoms with Gasteiger partial charge in [0.15, 0.2) is 0 Å². The Morgan fingerprint density at radius 1 is 1.32 bits per heavy atom. The molecule has 0 aliphatic carbocycles. The zero-order chi connectivity index (χ0) is 13.7. The van der Waals surface area contributed by atoms with Gasteiger partial charge in [0, 0.05) is 11.6 Å². The maximum absolute atomic E-state index is 11.9. The standard InChI is InChI=1S/C14H19N3OS/c15-14(19)11-6-8-17(9-7-11)10-13(18)16-12-4-2-1-3-5-12/h1-5,11H,6-10H2,(H2,15,19)(H,16,18). The van der Waals surface area contributed by atoms with Crippen molar-refractivity contribution in [2.45, 2.75) is 12.8 Å². The molecule has 2 rings (SSSR count). The van der Waals surface area contributed by atoms with E-state index in [1.54, 1.807) is 0 Å². The third-order valence-corrected chi connectivity index (χ3v) is 3.75. The lowest BCUT2D eigenvalue weighted by Gasteiger charge is -2.30. The molecule has 1 fully saturated rings. The molecule has 1 aliphatic heterocycles. The van der Waals surface area contributed by atoms with Crippen molar-refractivity contribution in [3.8, 4) is 0 Å². The predicted octanol–water partition coefficient (Wildman–Crippen LogP) is 1.62. The molecule has 19 heavy (non-hydrogen) atoms. The highest BCUT2D eigenvalue weighted by atomic mass is 32.1. The average molecular weight is 277 g/mol. The van der Waals surface area contributed by atoms with Crippen molar-refractivity contribution < 1.29 is 4.79 Å². The molecule has 0 radical (unpaired) electrons. The molecule has 5 heteroatoms. The minimum absolute atomic E-state index is 0.0278. The molecule has 0 saturated carbocycles. The second kappa shape index (κ2) is 6.63. The van der Waals surface area contributed by atoms with Gasteiger partial charge in [0.1, 0.15) is 0 Å². The number of hydrogen-bond acceptors (Lipinski definition) is 3. The summed E-state index contributed by atoms with van der Waals surface area (Å²) in [7, 11) is 0. The third-order valence-electron chi connectivity index (χ3n) is 3.41. The summed E-state index contributed by atoms with van der Waals surface area (Å²) < 4.78 is 0. The van der Waals surface area contributed by atoms with Crippen molar-refractivity contribution in [1.82, 2.24) is 4.90 Å². The van der Waals surface area contributed by atoms with Crippen molar-refractivity contribution >= 4 is 28.8 Å². The van der Waals surface area contributed by atoms with Crippen LogP contribution in [0.2, 0.25) is 0 Å². The summed E-state index contributed by atoms with van der Waals surface area (Å²) in [5, 5.41) is 2.89. The van der Waals surface area contributed by atoms with Crippen LogP contribution in [0.4, 0.5) is 5.69 Å². The quantitative estimate of drug-likeness (QED) is 0.821. The molecule has 1 saturated heterocycles. The molecule has 3 N–H and O–H groups in total. The number of likely N-dealkylation sites (tertiary alicyclic amines) is 1. The molecule has 1 aromatic rings. The van der Waals surface area contributed by atoms with E-state index in [9.17, 15) is 4.79 Å². The number of piperidine rings is 1. The van der Waals surface area contributed by atoms with Crippen LogP contribution in [0.15, 0.2) is 30.3 Å². The predicted molar refractivity (Wildman–Crippen MR) is 81.0 cm³/mol. The number of amides is 1. The number of rotatable bonds is 4. The molecular formula is C14H19N3OS. The van der Waals surface area contributed by atoms with Crippen LogP contribution < -0.4 is 11.1 Å². The summed E-state index contributed by atoms with van der Waals surface area (Å²) in [6, 6.07) is 9.51. The highest BCUT2D eigenvalue weighted by Gasteiger charge is 2.22. The van der Waals surface area contributed by atoms with Crippen LogP contribution in [-0.4, -0.2) is 35.4 Å². The summed E-state index contributed by atoms with van der Waals surface area (Å²) in [4.78, 5) is 14.6. The molecule has 0 bridgehead atoms. The third kappa shape index (κ3) is 4.29. The van der Waals surface area contributed by atoms with E-state index < -0.39 is 0 Å². The minimum atomic E-state index is 0.0278. The lowest BCUT2D eigenvalue weighted by atomic mass is 9.97. The Kier molecular flexibility index (Phi) is 4.87. The van der Waals surface area contributed by atoms with E-state index in [4.69, 9.17) is 18.0 Å². The van der Waals surface area contributed by atoms with E-state index in [1.165, 1.54) is 0 Å². The fourth-order valence-electron chi connectivity index (χ4n) is 2.30. The highest BCUT2D eigenvalue weighted by molar-refractivity contribution is 7.80. The molecule has 0 unspecified atom stereocenters. The molecular weight excluding hydrogens is 258 g/mol. The smallest absolute Gasteiger partial charge is 0.238 e. The Labute approximate surface area is 119 Å². The fourth-order valence-corrected chi connectivity index (χ4v) is 2.54. The molecule has 1 aliphatic rings. The van der Waals surface area contributed by atoms with Gasteiger partial charge in [0.2, 0.25) is 5.91 Å². The molecule has 1 aromatic carbocycles. The van der Waals surface area contributed by atoms with Gasteiger partial charge >= 0.3 is 0 Å². The first-order valence-corrected chi connectivity index (χ1v) is 6.92. The fraction of sp³-hybridized carbons (Fsp3) is 0.429. The zero-order valence-electron chi connectivity index (χ0n) is 10.8. The normalized spacial score (nSPS) is 17.1. The van der Waals surface area contributed by atoms with Gasteiger partial charge < -0.3 is 11.1 Å². The largest absolute Gasteiger partial charge is 0.393 e. The number of hydrogen-bond donors (Lipinski definition) is 2. The number of carbonyl (C=O) groups is 1. The van der Waals surface area contributed by atoms with Gasteiger partial charge in [-0.25, -0.2) is 0 Å². The maximum Gasteiger partial charge on any atom is 0.238 e. The van der Waals surface area contributed by atoms with E-state index in [2.05, 4.69) is 10.2 Å². The van der Waals surface area contributed by atoms with E-state index >= 15 is 0 Å². The van der Waals surface area contributed by atoms with Crippen LogP contribution >= 0.6 is 12.2 Å². The van der Waals surface area contributed by atoms with E-state index in [-0.39, 0.29) is 5.91 Å². The number of benzene rings is 1. The number of para-hydroxylation sites is 1. The first-order valence-electron chi connectivity index (χ1n) is 6.52. The zero-order valence-corrected chi connectivity index (χ0v) is 11.7. The van der Waals surface area contributed by atoms with E-state index in [1.807, 2.05) is 30.3 Å². The number of thiocarbonyl (C=S) groups is 1. The topological polar surface area (TPSA) is 58.4 Å². The van der Waals surface area contributed by atoms with Crippen LogP contribution in [0.3, 0.4) is 0 Å². The van der Waals surface area contributed by atoms with Gasteiger partial charge in [-0.1, -0.05) is 30.4 Å². The minimum Gasteiger partial charge on any atom is -0.393 e. The summed E-state index contributed by atoms with van der Waals surface area (Å²) in [6.07, 6.45) is 1.90. The molecule has 4 nitrogen and oxygen atoms in total. The second-order valence-corrected chi connectivity index (χ2v) is 5.34. The molecule has 0 spiro atoms. The maximum atomic E-state index is 11.9. The van der Waals surface area contributed by atoms with E-state index in [0.29, 0.717) is 17.5 Å². The van der Waals surface area contributed by atoms with Gasteiger partial charge in [-0.15, -0.1) is 0 Å². The Morgan fingerprint density at radius 3 is 2.53 bits per heavy atom. The highest BCUT2D eigenvalue weighted by Crippen LogP contribution is 2.17. The summed E-state index contributed by atoms with van der Waals surface area (Å²) >= 11 is 5.01. The van der Waals surface area contributed by atoms with Crippen molar-refractivity contribution in [2.24, 2.45) is 11.7 Å². The van der Waals surface area contributed by atoms with Gasteiger partial charge in [-0.3, -0.25) is 9.69 Å². The first kappa shape index (κ1) is 14.0. The lowest BCUT2D eigenvalue weighted by Crippen LogP contribution is -2.41. The van der Waals surface area contributed by atoms with Crippen molar-refractivity contribution in [3.63, 3.8) is 0 Å². The summed E-state index contributed by atoms with van der Waals surface area (Å²) in [6.45, 7) is 2.19. The van der Waals surface area contributed by atoms with Gasteiger partial charge in [-0.05, 0) is 38.1 Å². The summed E-state index contributed by atoms with van der Waals surface area (Å²) in [5.41, 5.74) is 6.49. The molecule has 0 aromatic heterocycles.